The van der Waals surface area contributed by atoms with Gasteiger partial charge in [0, 0.05) is 15.6 Å². The maximum Gasteiger partial charge on any atom is 0.259 e. The molecular formula is C16H16ClN3OS. The van der Waals surface area contributed by atoms with Crippen molar-refractivity contribution in [2.45, 2.75) is 26.8 Å². The van der Waals surface area contributed by atoms with Gasteiger partial charge in [0.1, 0.15) is 10.7 Å². The second kappa shape index (κ2) is 5.74. The van der Waals surface area contributed by atoms with Gasteiger partial charge < -0.3 is 10.3 Å². The van der Waals surface area contributed by atoms with Gasteiger partial charge in [-0.25, -0.2) is 4.98 Å². The van der Waals surface area contributed by atoms with E-state index in [4.69, 9.17) is 11.6 Å². The molecule has 0 saturated carbocycles. The van der Waals surface area contributed by atoms with Crippen molar-refractivity contribution in [1.82, 2.24) is 9.97 Å². The highest BCUT2D eigenvalue weighted by atomic mass is 35.5. The Bertz CT molecular complexity index is 883. The first-order valence-corrected chi connectivity index (χ1v) is 8.17. The lowest BCUT2D eigenvalue weighted by atomic mass is 10.2. The van der Waals surface area contributed by atoms with Crippen molar-refractivity contribution in [2.75, 3.05) is 5.32 Å². The number of H-pyrrole nitrogens is 1. The summed E-state index contributed by atoms with van der Waals surface area (Å²) < 4.78 is 0. The second-order valence-corrected chi connectivity index (χ2v) is 6.93. The van der Waals surface area contributed by atoms with Crippen molar-refractivity contribution >= 4 is 38.8 Å². The van der Waals surface area contributed by atoms with Crippen LogP contribution in [0, 0.1) is 13.8 Å². The van der Waals surface area contributed by atoms with Gasteiger partial charge in [0.2, 0.25) is 0 Å². The molecule has 0 radical (unpaired) electrons. The molecule has 22 heavy (non-hydrogen) atoms. The number of rotatable bonds is 3. The summed E-state index contributed by atoms with van der Waals surface area (Å²) in [6.07, 6.45) is 0. The zero-order valence-electron chi connectivity index (χ0n) is 12.5. The van der Waals surface area contributed by atoms with Gasteiger partial charge in [-0.2, -0.15) is 0 Å². The molecule has 0 amide bonds. The Balaban J connectivity index is 1.95. The van der Waals surface area contributed by atoms with Crippen LogP contribution in [0.5, 0.6) is 0 Å². The Kier molecular flexibility index (Phi) is 3.93. The molecule has 1 atom stereocenters. The molecule has 0 bridgehead atoms. The van der Waals surface area contributed by atoms with E-state index < -0.39 is 0 Å². The van der Waals surface area contributed by atoms with E-state index >= 15 is 0 Å². The molecule has 3 aromatic rings. The zero-order valence-corrected chi connectivity index (χ0v) is 14.1. The Morgan fingerprint density at radius 3 is 2.64 bits per heavy atom. The molecule has 0 fully saturated rings. The molecule has 0 unspecified atom stereocenters. The minimum atomic E-state index is -0.110. The molecule has 0 aliphatic rings. The molecule has 0 spiro atoms. The van der Waals surface area contributed by atoms with Gasteiger partial charge in [-0.3, -0.25) is 4.79 Å². The van der Waals surface area contributed by atoms with E-state index in [0.29, 0.717) is 16.2 Å². The molecule has 114 valence electrons. The molecule has 2 aromatic heterocycles. The van der Waals surface area contributed by atoms with E-state index in [1.54, 1.807) is 11.3 Å². The molecule has 2 N–H and O–H groups in total. The lowest BCUT2D eigenvalue weighted by Gasteiger charge is -2.14. The summed E-state index contributed by atoms with van der Waals surface area (Å²) in [5, 5.41) is 4.70. The average molecular weight is 334 g/mol. The van der Waals surface area contributed by atoms with E-state index in [0.717, 1.165) is 21.0 Å². The number of hydrogen-bond acceptors (Lipinski definition) is 4. The summed E-state index contributed by atoms with van der Waals surface area (Å²) in [4.78, 5) is 21.7. The largest absolute Gasteiger partial charge is 0.375 e. The minimum absolute atomic E-state index is 0.0772. The summed E-state index contributed by atoms with van der Waals surface area (Å²) >= 11 is 7.44. The molecule has 0 saturated heterocycles. The monoisotopic (exact) mass is 333 g/mol. The van der Waals surface area contributed by atoms with Crippen LogP contribution in [0.15, 0.2) is 29.1 Å². The quantitative estimate of drug-likeness (QED) is 0.745. The van der Waals surface area contributed by atoms with Gasteiger partial charge in [-0.1, -0.05) is 11.6 Å². The number of anilines is 1. The van der Waals surface area contributed by atoms with E-state index in [-0.39, 0.29) is 11.6 Å². The summed E-state index contributed by atoms with van der Waals surface area (Å²) in [6, 6.07) is 7.33. The van der Waals surface area contributed by atoms with Crippen molar-refractivity contribution in [3.8, 4) is 0 Å². The van der Waals surface area contributed by atoms with Crippen LogP contribution >= 0.6 is 22.9 Å². The van der Waals surface area contributed by atoms with Gasteiger partial charge in [0.25, 0.3) is 5.56 Å². The number of thiophene rings is 1. The smallest absolute Gasteiger partial charge is 0.259 e. The lowest BCUT2D eigenvalue weighted by molar-refractivity contribution is 0.792. The van der Waals surface area contributed by atoms with Gasteiger partial charge in [-0.15, -0.1) is 11.3 Å². The number of halogens is 1. The highest BCUT2D eigenvalue weighted by Gasteiger charge is 2.15. The molecular weight excluding hydrogens is 318 g/mol. The second-order valence-electron chi connectivity index (χ2n) is 5.29. The molecule has 2 heterocycles. The standard InChI is InChI=1S/C16H16ClN3OS/c1-8-10(3)22-16-13(8)15(21)19-14(20-16)9(2)18-12-6-4-11(17)5-7-12/h4-7,9,18H,1-3H3,(H,19,20,21)/t9-/m1/s1. The Morgan fingerprint density at radius 1 is 1.27 bits per heavy atom. The fraction of sp³-hybridized carbons (Fsp3) is 0.250. The third-order valence-corrected chi connectivity index (χ3v) is 5.05. The number of nitrogens with one attached hydrogen (secondary N) is 2. The van der Waals surface area contributed by atoms with Crippen molar-refractivity contribution < 1.29 is 0 Å². The average Bonchev–Trinajstić information content (AvgIpc) is 2.77. The number of aryl methyl sites for hydroxylation is 2. The van der Waals surface area contributed by atoms with Gasteiger partial charge in [0.15, 0.2) is 0 Å². The predicted octanol–water partition coefficient (Wildman–Crippen LogP) is 4.43. The Labute approximate surface area is 137 Å². The Morgan fingerprint density at radius 2 is 1.95 bits per heavy atom. The van der Waals surface area contributed by atoms with E-state index in [1.165, 1.54) is 0 Å². The van der Waals surface area contributed by atoms with E-state index in [2.05, 4.69) is 15.3 Å². The molecule has 0 aliphatic carbocycles. The molecule has 1 aromatic carbocycles. The number of hydrogen-bond donors (Lipinski definition) is 2. The topological polar surface area (TPSA) is 57.8 Å². The first kappa shape index (κ1) is 15.1. The predicted molar refractivity (Wildman–Crippen MR) is 93.2 cm³/mol. The number of nitrogens with zero attached hydrogens (tertiary/aromatic N) is 1. The highest BCUT2D eigenvalue weighted by molar-refractivity contribution is 7.18. The summed E-state index contributed by atoms with van der Waals surface area (Å²) in [5.74, 6) is 0.633. The minimum Gasteiger partial charge on any atom is -0.375 e. The fourth-order valence-corrected chi connectivity index (χ4v) is 3.50. The number of fused-ring (bicyclic) bond motifs is 1. The van der Waals surface area contributed by atoms with Crippen molar-refractivity contribution in [3.63, 3.8) is 0 Å². The number of benzene rings is 1. The first-order valence-electron chi connectivity index (χ1n) is 6.97. The van der Waals surface area contributed by atoms with E-state index in [9.17, 15) is 4.79 Å². The number of aromatic nitrogens is 2. The molecule has 0 aliphatic heterocycles. The fourth-order valence-electron chi connectivity index (χ4n) is 2.34. The van der Waals surface area contributed by atoms with Crippen LogP contribution in [-0.2, 0) is 0 Å². The summed E-state index contributed by atoms with van der Waals surface area (Å²) in [7, 11) is 0. The summed E-state index contributed by atoms with van der Waals surface area (Å²) in [6.45, 7) is 5.93. The maximum atomic E-state index is 12.3. The van der Waals surface area contributed by atoms with Crippen LogP contribution in [0.1, 0.15) is 29.2 Å². The number of aromatic amines is 1. The summed E-state index contributed by atoms with van der Waals surface area (Å²) in [5.41, 5.74) is 1.86. The maximum absolute atomic E-state index is 12.3. The van der Waals surface area contributed by atoms with Gasteiger partial charge in [0.05, 0.1) is 11.4 Å². The van der Waals surface area contributed by atoms with Crippen LogP contribution in [0.2, 0.25) is 5.02 Å². The van der Waals surface area contributed by atoms with Gasteiger partial charge in [-0.05, 0) is 50.6 Å². The molecule has 4 nitrogen and oxygen atoms in total. The van der Waals surface area contributed by atoms with Crippen molar-refractivity contribution in [1.29, 1.82) is 0 Å². The van der Waals surface area contributed by atoms with Crippen LogP contribution in [0.4, 0.5) is 5.69 Å². The van der Waals surface area contributed by atoms with Crippen LogP contribution in [0.25, 0.3) is 10.2 Å². The van der Waals surface area contributed by atoms with Crippen LogP contribution in [0.3, 0.4) is 0 Å². The normalized spacial score (nSPS) is 12.5. The SMILES string of the molecule is Cc1sc2nc([C@@H](C)Nc3ccc(Cl)cc3)[nH]c(=O)c2c1C. The van der Waals surface area contributed by atoms with Gasteiger partial charge >= 0.3 is 0 Å². The third kappa shape index (κ3) is 2.74. The first-order chi connectivity index (χ1) is 10.5. The molecule has 6 heteroatoms. The van der Waals surface area contributed by atoms with Crippen molar-refractivity contribution in [3.05, 3.63) is 55.9 Å². The molecule has 3 rings (SSSR count). The van der Waals surface area contributed by atoms with Crippen LogP contribution < -0.4 is 10.9 Å². The third-order valence-electron chi connectivity index (χ3n) is 3.69. The lowest BCUT2D eigenvalue weighted by Crippen LogP contribution is -2.17. The van der Waals surface area contributed by atoms with E-state index in [1.807, 2.05) is 45.0 Å². The van der Waals surface area contributed by atoms with Crippen LogP contribution in [-0.4, -0.2) is 9.97 Å². The zero-order chi connectivity index (χ0) is 15.9. The van der Waals surface area contributed by atoms with Crippen molar-refractivity contribution in [2.24, 2.45) is 0 Å². The highest BCUT2D eigenvalue weighted by Crippen LogP contribution is 2.27. The Hall–Kier alpha value is -1.85.